The van der Waals surface area contributed by atoms with Gasteiger partial charge < -0.3 is 20.1 Å². The first-order valence-corrected chi connectivity index (χ1v) is 6.59. The van der Waals surface area contributed by atoms with Gasteiger partial charge in [-0.15, -0.1) is 0 Å². The van der Waals surface area contributed by atoms with Crippen molar-refractivity contribution in [3.05, 3.63) is 34.4 Å². The second-order valence-corrected chi connectivity index (χ2v) is 3.98. The molecular weight excluding hydrogens is 278 g/mol. The maximum absolute atomic E-state index is 11.7. The second kappa shape index (κ2) is 8.88. The fourth-order valence-corrected chi connectivity index (χ4v) is 1.59. The van der Waals surface area contributed by atoms with Crippen LogP contribution in [0.15, 0.2) is 24.3 Å². The third-order valence-electron chi connectivity index (χ3n) is 2.45. The highest BCUT2D eigenvalue weighted by molar-refractivity contribution is 5.89. The summed E-state index contributed by atoms with van der Waals surface area (Å²) in [5.74, 6) is 0. The number of carbonyl (C=O) groups excluding carboxylic acids is 1. The lowest BCUT2D eigenvalue weighted by Gasteiger charge is -2.17. The SMILES string of the molecule is CCOC(CNC(=O)Nc1cccc([N+](=O)[O-])c1)OCC. The number of urea groups is 1. The van der Waals surface area contributed by atoms with Crippen LogP contribution in [0.3, 0.4) is 0 Å². The Bertz CT molecular complexity index is 475. The molecule has 0 saturated carbocycles. The molecule has 21 heavy (non-hydrogen) atoms. The van der Waals surface area contributed by atoms with Crippen molar-refractivity contribution in [2.75, 3.05) is 25.1 Å². The Labute approximate surface area is 122 Å². The molecule has 1 aromatic carbocycles. The van der Waals surface area contributed by atoms with Crippen LogP contribution in [0.5, 0.6) is 0 Å². The van der Waals surface area contributed by atoms with Gasteiger partial charge in [-0.2, -0.15) is 0 Å². The zero-order chi connectivity index (χ0) is 15.7. The number of non-ortho nitro benzene ring substituents is 1. The van der Waals surface area contributed by atoms with Crippen LogP contribution in [0, 0.1) is 10.1 Å². The maximum atomic E-state index is 11.7. The summed E-state index contributed by atoms with van der Waals surface area (Å²) in [6.07, 6.45) is -0.518. The first-order valence-electron chi connectivity index (χ1n) is 6.59. The van der Waals surface area contributed by atoms with E-state index >= 15 is 0 Å². The zero-order valence-corrected chi connectivity index (χ0v) is 12.0. The molecule has 1 rings (SSSR count). The molecule has 0 aromatic heterocycles. The molecule has 0 bridgehead atoms. The van der Waals surface area contributed by atoms with E-state index in [0.717, 1.165) is 0 Å². The highest BCUT2D eigenvalue weighted by atomic mass is 16.7. The van der Waals surface area contributed by atoms with Crippen molar-refractivity contribution in [1.29, 1.82) is 0 Å². The Morgan fingerprint density at radius 1 is 1.33 bits per heavy atom. The summed E-state index contributed by atoms with van der Waals surface area (Å²) >= 11 is 0. The van der Waals surface area contributed by atoms with Crippen LogP contribution < -0.4 is 10.6 Å². The molecule has 1 aromatic rings. The minimum absolute atomic E-state index is 0.0886. The Balaban J connectivity index is 2.49. The number of hydrogen-bond acceptors (Lipinski definition) is 5. The van der Waals surface area contributed by atoms with E-state index in [0.29, 0.717) is 18.9 Å². The standard InChI is InChI=1S/C13H19N3O5/c1-3-20-12(21-4-2)9-14-13(17)15-10-6-5-7-11(8-10)16(18)19/h5-8,12H,3-4,9H2,1-2H3,(H2,14,15,17). The Hall–Kier alpha value is -2.19. The number of hydrogen-bond donors (Lipinski definition) is 2. The van der Waals surface area contributed by atoms with Gasteiger partial charge in [-0.1, -0.05) is 6.07 Å². The van der Waals surface area contributed by atoms with E-state index in [2.05, 4.69) is 10.6 Å². The van der Waals surface area contributed by atoms with Crippen molar-refractivity contribution in [2.45, 2.75) is 20.1 Å². The number of nitrogens with zero attached hydrogens (tertiary/aromatic N) is 1. The monoisotopic (exact) mass is 297 g/mol. The number of nitro benzene ring substituents is 1. The zero-order valence-electron chi connectivity index (χ0n) is 12.0. The molecule has 0 heterocycles. The van der Waals surface area contributed by atoms with E-state index < -0.39 is 17.2 Å². The lowest BCUT2D eigenvalue weighted by molar-refractivity contribution is -0.384. The normalized spacial score (nSPS) is 10.4. The molecule has 0 spiro atoms. The highest BCUT2D eigenvalue weighted by Crippen LogP contribution is 2.16. The van der Waals surface area contributed by atoms with Gasteiger partial charge in [0.15, 0.2) is 6.29 Å². The van der Waals surface area contributed by atoms with E-state index in [4.69, 9.17) is 9.47 Å². The van der Waals surface area contributed by atoms with E-state index in [1.165, 1.54) is 18.2 Å². The van der Waals surface area contributed by atoms with Gasteiger partial charge >= 0.3 is 6.03 Å². The van der Waals surface area contributed by atoms with Crippen LogP contribution in [0.4, 0.5) is 16.2 Å². The fraction of sp³-hybridized carbons (Fsp3) is 0.462. The van der Waals surface area contributed by atoms with Crippen molar-refractivity contribution in [1.82, 2.24) is 5.32 Å². The quantitative estimate of drug-likeness (QED) is 0.434. The summed E-state index contributed by atoms with van der Waals surface area (Å²) in [7, 11) is 0. The summed E-state index contributed by atoms with van der Waals surface area (Å²) in [5.41, 5.74) is 0.250. The lowest BCUT2D eigenvalue weighted by atomic mass is 10.3. The Morgan fingerprint density at radius 2 is 2.00 bits per heavy atom. The minimum Gasteiger partial charge on any atom is -0.351 e. The summed E-state index contributed by atoms with van der Waals surface area (Å²) in [5, 5.41) is 15.7. The molecule has 0 fully saturated rings. The fourth-order valence-electron chi connectivity index (χ4n) is 1.59. The van der Waals surface area contributed by atoms with Crippen molar-refractivity contribution < 1.29 is 19.2 Å². The largest absolute Gasteiger partial charge is 0.351 e. The van der Waals surface area contributed by atoms with Crippen molar-refractivity contribution in [3.8, 4) is 0 Å². The third kappa shape index (κ3) is 6.19. The highest BCUT2D eigenvalue weighted by Gasteiger charge is 2.11. The molecule has 0 aliphatic heterocycles. The molecule has 0 aliphatic rings. The molecule has 0 aliphatic carbocycles. The van der Waals surface area contributed by atoms with Gasteiger partial charge in [0.2, 0.25) is 0 Å². The van der Waals surface area contributed by atoms with E-state index in [-0.39, 0.29) is 12.2 Å². The number of amides is 2. The summed E-state index contributed by atoms with van der Waals surface area (Å²) in [6, 6.07) is 5.21. The van der Waals surface area contributed by atoms with Gasteiger partial charge in [0.25, 0.3) is 5.69 Å². The van der Waals surface area contributed by atoms with Crippen LogP contribution in [-0.2, 0) is 9.47 Å². The lowest BCUT2D eigenvalue weighted by Crippen LogP contribution is -2.37. The molecule has 116 valence electrons. The number of nitro groups is 1. The molecule has 8 heteroatoms. The van der Waals surface area contributed by atoms with Crippen LogP contribution in [0.1, 0.15) is 13.8 Å². The van der Waals surface area contributed by atoms with Crippen LogP contribution in [0.25, 0.3) is 0 Å². The second-order valence-electron chi connectivity index (χ2n) is 3.98. The molecule has 2 N–H and O–H groups in total. The average Bonchev–Trinajstić information content (AvgIpc) is 2.45. The van der Waals surface area contributed by atoms with Gasteiger partial charge in [0, 0.05) is 31.0 Å². The van der Waals surface area contributed by atoms with Gasteiger partial charge in [-0.25, -0.2) is 4.79 Å². The molecule has 0 saturated heterocycles. The molecule has 0 unspecified atom stereocenters. The average molecular weight is 297 g/mol. The third-order valence-corrected chi connectivity index (χ3v) is 2.45. The smallest absolute Gasteiger partial charge is 0.319 e. The maximum Gasteiger partial charge on any atom is 0.319 e. The predicted octanol–water partition coefficient (Wildman–Crippen LogP) is 2.12. The minimum atomic E-state index is -0.525. The van der Waals surface area contributed by atoms with Gasteiger partial charge in [0.1, 0.15) is 0 Å². The molecule has 8 nitrogen and oxygen atoms in total. The van der Waals surface area contributed by atoms with Crippen molar-refractivity contribution >= 4 is 17.4 Å². The van der Waals surface area contributed by atoms with Gasteiger partial charge in [-0.05, 0) is 19.9 Å². The number of nitrogens with one attached hydrogen (secondary N) is 2. The van der Waals surface area contributed by atoms with E-state index in [9.17, 15) is 14.9 Å². The van der Waals surface area contributed by atoms with Crippen LogP contribution in [0.2, 0.25) is 0 Å². The van der Waals surface area contributed by atoms with Crippen LogP contribution >= 0.6 is 0 Å². The number of benzene rings is 1. The van der Waals surface area contributed by atoms with Gasteiger partial charge in [-0.3, -0.25) is 10.1 Å². The first-order chi connectivity index (χ1) is 10.1. The molecule has 2 amide bonds. The number of anilines is 1. The summed E-state index contributed by atoms with van der Waals surface area (Å²) in [6.45, 7) is 4.78. The summed E-state index contributed by atoms with van der Waals surface area (Å²) in [4.78, 5) is 21.8. The van der Waals surface area contributed by atoms with Crippen molar-refractivity contribution in [2.24, 2.45) is 0 Å². The number of rotatable bonds is 8. The predicted molar refractivity (Wildman–Crippen MR) is 77.2 cm³/mol. The number of carbonyl (C=O) groups is 1. The van der Waals surface area contributed by atoms with Crippen molar-refractivity contribution in [3.63, 3.8) is 0 Å². The first kappa shape index (κ1) is 16.9. The number of ether oxygens (including phenoxy) is 2. The molecular formula is C13H19N3O5. The van der Waals surface area contributed by atoms with E-state index in [1.54, 1.807) is 6.07 Å². The topological polar surface area (TPSA) is 103 Å². The van der Waals surface area contributed by atoms with Gasteiger partial charge in [0.05, 0.1) is 11.5 Å². The molecule has 0 radical (unpaired) electrons. The van der Waals surface area contributed by atoms with Crippen LogP contribution in [-0.4, -0.2) is 37.0 Å². The molecule has 0 atom stereocenters. The summed E-state index contributed by atoms with van der Waals surface area (Å²) < 4.78 is 10.6. The Kier molecular flexibility index (Phi) is 7.13. The van der Waals surface area contributed by atoms with E-state index in [1.807, 2.05) is 13.8 Å². The Morgan fingerprint density at radius 3 is 2.57 bits per heavy atom.